The predicted molar refractivity (Wildman–Crippen MR) is 82.8 cm³/mol. The van der Waals surface area contributed by atoms with E-state index in [0.29, 0.717) is 11.6 Å². The van der Waals surface area contributed by atoms with E-state index in [1.807, 2.05) is 7.05 Å². The van der Waals surface area contributed by atoms with E-state index in [1.165, 1.54) is 12.7 Å². The van der Waals surface area contributed by atoms with E-state index in [9.17, 15) is 8.42 Å². The van der Waals surface area contributed by atoms with Crippen LogP contribution in [-0.4, -0.2) is 53.3 Å². The molecule has 0 spiro atoms. The Morgan fingerprint density at radius 2 is 2.15 bits per heavy atom. The van der Waals surface area contributed by atoms with Gasteiger partial charge in [-0.15, -0.1) is 0 Å². The van der Waals surface area contributed by atoms with Gasteiger partial charge in [0.05, 0.1) is 16.3 Å². The number of benzene rings is 1. The smallest absolute Gasteiger partial charge is 0.175 e. The summed E-state index contributed by atoms with van der Waals surface area (Å²) in [5, 5.41) is 0. The third-order valence-corrected chi connectivity index (χ3v) is 4.97. The summed E-state index contributed by atoms with van der Waals surface area (Å²) in [5.41, 5.74) is 7.41. The van der Waals surface area contributed by atoms with Gasteiger partial charge in [-0.3, -0.25) is 0 Å². The van der Waals surface area contributed by atoms with E-state index in [4.69, 9.17) is 5.73 Å². The van der Waals surface area contributed by atoms with Gasteiger partial charge in [0.15, 0.2) is 9.84 Å². The minimum absolute atomic E-state index is 0.271. The summed E-state index contributed by atoms with van der Waals surface area (Å²) >= 11 is 0. The van der Waals surface area contributed by atoms with Crippen molar-refractivity contribution in [2.24, 2.45) is 5.92 Å². The van der Waals surface area contributed by atoms with Crippen LogP contribution in [0.5, 0.6) is 0 Å². The SMILES string of the molecule is CN1CCC(CN(C)c2ccc(S(C)(=O)=O)cc2N)C1. The first kappa shape index (κ1) is 15.1. The Balaban J connectivity index is 2.12. The van der Waals surface area contributed by atoms with Crippen LogP contribution in [0.2, 0.25) is 0 Å². The average Bonchev–Trinajstić information content (AvgIpc) is 2.73. The van der Waals surface area contributed by atoms with Gasteiger partial charge in [0, 0.05) is 26.4 Å². The third kappa shape index (κ3) is 3.43. The van der Waals surface area contributed by atoms with Crippen LogP contribution in [-0.2, 0) is 9.84 Å². The molecule has 0 aliphatic carbocycles. The highest BCUT2D eigenvalue weighted by Crippen LogP contribution is 2.27. The maximum absolute atomic E-state index is 11.5. The molecule has 6 heteroatoms. The molecule has 1 aromatic rings. The van der Waals surface area contributed by atoms with Gasteiger partial charge in [-0.2, -0.15) is 0 Å². The highest BCUT2D eigenvalue weighted by molar-refractivity contribution is 7.90. The summed E-state index contributed by atoms with van der Waals surface area (Å²) in [6, 6.07) is 4.96. The second-order valence-electron chi connectivity index (χ2n) is 5.79. The molecule has 1 aromatic carbocycles. The fourth-order valence-electron chi connectivity index (χ4n) is 2.77. The van der Waals surface area contributed by atoms with Gasteiger partial charge in [-0.25, -0.2) is 8.42 Å². The lowest BCUT2D eigenvalue weighted by Crippen LogP contribution is -2.27. The maximum atomic E-state index is 11.5. The van der Waals surface area contributed by atoms with Crippen molar-refractivity contribution >= 4 is 21.2 Å². The molecule has 1 unspecified atom stereocenters. The van der Waals surface area contributed by atoms with Crippen molar-refractivity contribution in [3.63, 3.8) is 0 Å². The lowest BCUT2D eigenvalue weighted by Gasteiger charge is -2.24. The minimum Gasteiger partial charge on any atom is -0.397 e. The van der Waals surface area contributed by atoms with Crippen molar-refractivity contribution in [2.45, 2.75) is 11.3 Å². The molecule has 1 atom stereocenters. The van der Waals surface area contributed by atoms with E-state index in [0.717, 1.165) is 25.3 Å². The van der Waals surface area contributed by atoms with Crippen molar-refractivity contribution < 1.29 is 8.42 Å². The van der Waals surface area contributed by atoms with Crippen LogP contribution in [0, 0.1) is 5.92 Å². The number of sulfone groups is 1. The summed E-state index contributed by atoms with van der Waals surface area (Å²) in [7, 11) is 0.936. The van der Waals surface area contributed by atoms with E-state index in [1.54, 1.807) is 18.2 Å². The quantitative estimate of drug-likeness (QED) is 0.842. The Hall–Kier alpha value is -1.27. The topological polar surface area (TPSA) is 66.6 Å². The molecule has 1 fully saturated rings. The molecule has 1 aliphatic rings. The molecule has 1 aliphatic heterocycles. The summed E-state index contributed by atoms with van der Waals surface area (Å²) < 4.78 is 23.0. The van der Waals surface area contributed by atoms with Gasteiger partial charge in [0.25, 0.3) is 0 Å². The van der Waals surface area contributed by atoms with Gasteiger partial charge in [0.2, 0.25) is 0 Å². The van der Waals surface area contributed by atoms with Gasteiger partial charge < -0.3 is 15.5 Å². The lowest BCUT2D eigenvalue weighted by molar-refractivity contribution is 0.396. The van der Waals surface area contributed by atoms with Crippen LogP contribution < -0.4 is 10.6 Å². The normalized spacial score (nSPS) is 20.2. The number of likely N-dealkylation sites (tertiary alicyclic amines) is 1. The molecular formula is C14H23N3O2S. The third-order valence-electron chi connectivity index (χ3n) is 3.86. The van der Waals surface area contributed by atoms with Crippen molar-refractivity contribution in [1.29, 1.82) is 0 Å². The zero-order valence-corrected chi connectivity index (χ0v) is 13.2. The van der Waals surface area contributed by atoms with Gasteiger partial charge in [-0.1, -0.05) is 0 Å². The van der Waals surface area contributed by atoms with Gasteiger partial charge >= 0.3 is 0 Å². The van der Waals surface area contributed by atoms with Crippen LogP contribution >= 0.6 is 0 Å². The second-order valence-corrected chi connectivity index (χ2v) is 7.81. The van der Waals surface area contributed by atoms with E-state index in [2.05, 4.69) is 16.8 Å². The summed E-state index contributed by atoms with van der Waals surface area (Å²) in [5.74, 6) is 0.638. The number of nitrogens with zero attached hydrogens (tertiary/aromatic N) is 2. The molecule has 1 saturated heterocycles. The van der Waals surface area contributed by atoms with Crippen molar-refractivity contribution in [3.8, 4) is 0 Å². The maximum Gasteiger partial charge on any atom is 0.175 e. The van der Waals surface area contributed by atoms with Crippen LogP contribution in [0.4, 0.5) is 11.4 Å². The predicted octanol–water partition coefficient (Wildman–Crippen LogP) is 1.06. The Bertz CT molecular complexity index is 586. The summed E-state index contributed by atoms with van der Waals surface area (Å²) in [6.45, 7) is 3.18. The zero-order valence-electron chi connectivity index (χ0n) is 12.3. The Morgan fingerprint density at radius 3 is 2.65 bits per heavy atom. The van der Waals surface area contributed by atoms with Crippen LogP contribution in [0.3, 0.4) is 0 Å². The minimum atomic E-state index is -3.20. The summed E-state index contributed by atoms with van der Waals surface area (Å²) in [6.07, 6.45) is 2.39. The first-order valence-electron chi connectivity index (χ1n) is 6.76. The first-order chi connectivity index (χ1) is 9.27. The molecule has 2 N–H and O–H groups in total. The van der Waals surface area contributed by atoms with Gasteiger partial charge in [-0.05, 0) is 44.1 Å². The number of rotatable bonds is 4. The van der Waals surface area contributed by atoms with Gasteiger partial charge in [0.1, 0.15) is 0 Å². The molecule has 1 heterocycles. The zero-order chi connectivity index (χ0) is 14.9. The standard InChI is InChI=1S/C14H23N3O2S/c1-16-7-6-11(9-16)10-17(2)14-5-4-12(8-13(14)15)20(3,18)19/h4-5,8,11H,6-7,9-10,15H2,1-3H3. The van der Waals surface area contributed by atoms with Crippen LogP contribution in [0.1, 0.15) is 6.42 Å². The van der Waals surface area contributed by atoms with E-state index in [-0.39, 0.29) is 4.90 Å². The highest BCUT2D eigenvalue weighted by Gasteiger charge is 2.21. The van der Waals surface area contributed by atoms with Crippen molar-refractivity contribution in [1.82, 2.24) is 4.90 Å². The Labute approximate surface area is 121 Å². The summed E-state index contributed by atoms with van der Waals surface area (Å²) in [4.78, 5) is 4.72. The fourth-order valence-corrected chi connectivity index (χ4v) is 3.43. The van der Waals surface area contributed by atoms with E-state index < -0.39 is 9.84 Å². The van der Waals surface area contributed by atoms with Crippen LogP contribution in [0.25, 0.3) is 0 Å². The Morgan fingerprint density at radius 1 is 1.45 bits per heavy atom. The van der Waals surface area contributed by atoms with Crippen molar-refractivity contribution in [2.75, 3.05) is 50.6 Å². The highest BCUT2D eigenvalue weighted by atomic mass is 32.2. The number of anilines is 2. The number of nitrogen functional groups attached to an aromatic ring is 1. The molecule has 0 bridgehead atoms. The lowest BCUT2D eigenvalue weighted by atomic mass is 10.1. The average molecular weight is 297 g/mol. The Kier molecular flexibility index (Phi) is 4.25. The van der Waals surface area contributed by atoms with Crippen LogP contribution in [0.15, 0.2) is 23.1 Å². The number of hydrogen-bond acceptors (Lipinski definition) is 5. The fraction of sp³-hybridized carbons (Fsp3) is 0.571. The van der Waals surface area contributed by atoms with Crippen molar-refractivity contribution in [3.05, 3.63) is 18.2 Å². The molecule has 0 radical (unpaired) electrons. The second kappa shape index (κ2) is 5.61. The van der Waals surface area contributed by atoms with E-state index >= 15 is 0 Å². The first-order valence-corrected chi connectivity index (χ1v) is 8.66. The molecule has 20 heavy (non-hydrogen) atoms. The molecule has 5 nitrogen and oxygen atoms in total. The monoisotopic (exact) mass is 297 g/mol. The number of hydrogen-bond donors (Lipinski definition) is 1. The molecule has 112 valence electrons. The largest absolute Gasteiger partial charge is 0.397 e. The molecule has 0 aromatic heterocycles. The molecular weight excluding hydrogens is 274 g/mol. The number of nitrogens with two attached hydrogens (primary N) is 1. The molecule has 0 saturated carbocycles. The molecule has 0 amide bonds. The molecule has 2 rings (SSSR count).